The first kappa shape index (κ1) is 20.9. The minimum Gasteiger partial charge on any atom is -0.355 e. The summed E-state index contributed by atoms with van der Waals surface area (Å²) in [7, 11) is 0. The molecule has 0 atom stereocenters. The Hall–Kier alpha value is -2.80. The molecular weight excluding hydrogens is 434 g/mol. The number of rotatable bonds is 7. The maximum absolute atomic E-state index is 13.0. The number of ketones is 1. The Morgan fingerprint density at radius 3 is 2.59 bits per heavy atom. The quantitative estimate of drug-likeness (QED) is 0.552. The second kappa shape index (κ2) is 9.13. The summed E-state index contributed by atoms with van der Waals surface area (Å²) in [6, 6.07) is 8.38. The molecule has 0 saturated carbocycles. The van der Waals surface area contributed by atoms with Gasteiger partial charge in [-0.25, -0.2) is 0 Å². The molecule has 0 unspecified atom stereocenters. The van der Waals surface area contributed by atoms with Gasteiger partial charge < -0.3 is 9.88 Å². The van der Waals surface area contributed by atoms with Gasteiger partial charge in [0.25, 0.3) is 0 Å². The van der Waals surface area contributed by atoms with Crippen molar-refractivity contribution in [2.45, 2.75) is 26.8 Å². The van der Waals surface area contributed by atoms with E-state index in [0.717, 1.165) is 10.9 Å². The molecule has 150 valence electrons. The molecule has 0 aliphatic heterocycles. The molecule has 0 fully saturated rings. The van der Waals surface area contributed by atoms with E-state index in [1.165, 1.54) is 18.6 Å². The van der Waals surface area contributed by atoms with Crippen LogP contribution in [0.3, 0.4) is 0 Å². The molecule has 2 aromatic heterocycles. The summed E-state index contributed by atoms with van der Waals surface area (Å²) in [5.74, 6) is -0.0699. The number of hydrogen-bond acceptors (Lipinski definition) is 4. The second-order valence-corrected chi connectivity index (χ2v) is 8.17. The highest BCUT2D eigenvalue weighted by atomic mass is 79.9. The number of amides is 1. The van der Waals surface area contributed by atoms with E-state index in [1.807, 2.05) is 0 Å². The average molecular weight is 456 g/mol. The van der Waals surface area contributed by atoms with Gasteiger partial charge in [0.1, 0.15) is 6.54 Å². The van der Waals surface area contributed by atoms with E-state index >= 15 is 0 Å². The van der Waals surface area contributed by atoms with Gasteiger partial charge in [0, 0.05) is 40.6 Å². The van der Waals surface area contributed by atoms with E-state index < -0.39 is 5.78 Å². The Kier molecular flexibility index (Phi) is 6.59. The van der Waals surface area contributed by atoms with Gasteiger partial charge in [0.15, 0.2) is 5.78 Å². The molecule has 7 heteroatoms. The highest BCUT2D eigenvalue weighted by molar-refractivity contribution is 9.10. The molecule has 0 saturated heterocycles. The SMILES string of the molecule is CC(C)CCNC(=O)Cn1cc(C(=O)c2ccncc2)c(=O)c2cc(Br)ccc21. The molecule has 2 heterocycles. The lowest BCUT2D eigenvalue weighted by molar-refractivity contribution is -0.121. The fourth-order valence-corrected chi connectivity index (χ4v) is 3.39. The lowest BCUT2D eigenvalue weighted by atomic mass is 10.0. The van der Waals surface area contributed by atoms with Crippen LogP contribution in [0.1, 0.15) is 36.2 Å². The molecule has 0 aliphatic carbocycles. The minimum atomic E-state index is -0.395. The fraction of sp³-hybridized carbons (Fsp3) is 0.273. The van der Waals surface area contributed by atoms with Gasteiger partial charge in [0.05, 0.1) is 11.1 Å². The fourth-order valence-electron chi connectivity index (χ4n) is 3.03. The number of nitrogens with one attached hydrogen (secondary N) is 1. The Bertz CT molecular complexity index is 1110. The molecule has 3 rings (SSSR count). The third-order valence-electron chi connectivity index (χ3n) is 4.59. The molecule has 3 aromatic rings. The Morgan fingerprint density at radius 2 is 1.90 bits per heavy atom. The molecule has 0 radical (unpaired) electrons. The predicted octanol–water partition coefficient (Wildman–Crippen LogP) is 3.55. The number of hydrogen-bond donors (Lipinski definition) is 1. The number of fused-ring (bicyclic) bond motifs is 1. The number of nitrogens with zero attached hydrogens (tertiary/aromatic N) is 2. The van der Waals surface area contributed by atoms with Crippen LogP contribution in [0.4, 0.5) is 0 Å². The van der Waals surface area contributed by atoms with E-state index in [-0.39, 0.29) is 23.4 Å². The highest BCUT2D eigenvalue weighted by Gasteiger charge is 2.18. The minimum absolute atomic E-state index is 0.0210. The van der Waals surface area contributed by atoms with E-state index in [0.29, 0.717) is 28.9 Å². The van der Waals surface area contributed by atoms with Crippen LogP contribution in [0.25, 0.3) is 10.9 Å². The standard InChI is InChI=1S/C22H22BrN3O3/c1-14(2)5-10-25-20(27)13-26-12-18(21(28)15-6-8-24-9-7-15)22(29)17-11-16(23)3-4-19(17)26/h3-4,6-9,11-12,14H,5,10,13H2,1-2H3,(H,25,27). The zero-order chi connectivity index (χ0) is 21.0. The third-order valence-corrected chi connectivity index (χ3v) is 5.08. The second-order valence-electron chi connectivity index (χ2n) is 7.26. The Morgan fingerprint density at radius 1 is 1.17 bits per heavy atom. The van der Waals surface area contributed by atoms with Crippen LogP contribution >= 0.6 is 15.9 Å². The van der Waals surface area contributed by atoms with Crippen LogP contribution in [0, 0.1) is 5.92 Å². The van der Waals surface area contributed by atoms with Gasteiger partial charge in [-0.05, 0) is 42.7 Å². The molecule has 1 aromatic carbocycles. The van der Waals surface area contributed by atoms with Gasteiger partial charge in [-0.2, -0.15) is 0 Å². The van der Waals surface area contributed by atoms with Crippen molar-refractivity contribution in [3.8, 4) is 0 Å². The Labute approximate surface area is 177 Å². The molecule has 0 aliphatic rings. The lowest BCUT2D eigenvalue weighted by Gasteiger charge is -2.14. The number of halogens is 1. The molecule has 1 amide bonds. The molecule has 1 N–H and O–H groups in total. The van der Waals surface area contributed by atoms with Gasteiger partial charge in [-0.15, -0.1) is 0 Å². The van der Waals surface area contributed by atoms with Gasteiger partial charge in [-0.1, -0.05) is 29.8 Å². The number of carbonyl (C=O) groups excluding carboxylic acids is 2. The number of pyridine rings is 2. The first-order valence-electron chi connectivity index (χ1n) is 9.41. The molecule has 0 bridgehead atoms. The smallest absolute Gasteiger partial charge is 0.239 e. The molecular formula is C22H22BrN3O3. The van der Waals surface area contributed by atoms with Crippen molar-refractivity contribution in [1.82, 2.24) is 14.9 Å². The zero-order valence-corrected chi connectivity index (χ0v) is 17.9. The van der Waals surface area contributed by atoms with Crippen LogP contribution in [0.15, 0.2) is 58.2 Å². The summed E-state index contributed by atoms with van der Waals surface area (Å²) in [6.45, 7) is 4.79. The van der Waals surface area contributed by atoms with E-state index in [1.54, 1.807) is 34.9 Å². The summed E-state index contributed by atoms with van der Waals surface area (Å²) < 4.78 is 2.38. The van der Waals surface area contributed by atoms with Crippen molar-refractivity contribution in [2.24, 2.45) is 5.92 Å². The van der Waals surface area contributed by atoms with Crippen molar-refractivity contribution >= 4 is 38.5 Å². The normalized spacial score (nSPS) is 11.0. The first-order valence-corrected chi connectivity index (χ1v) is 10.2. The van der Waals surface area contributed by atoms with Gasteiger partial charge in [0.2, 0.25) is 11.3 Å². The summed E-state index contributed by atoms with van der Waals surface area (Å²) in [5.41, 5.74) is 0.638. The molecule has 0 spiro atoms. The third kappa shape index (κ3) is 4.98. The van der Waals surface area contributed by atoms with Crippen molar-refractivity contribution in [1.29, 1.82) is 0 Å². The monoisotopic (exact) mass is 455 g/mol. The van der Waals surface area contributed by atoms with Crippen molar-refractivity contribution in [3.63, 3.8) is 0 Å². The van der Waals surface area contributed by atoms with Gasteiger partial charge in [-0.3, -0.25) is 19.4 Å². The maximum atomic E-state index is 13.0. The Balaban J connectivity index is 2.02. The van der Waals surface area contributed by atoms with Crippen LogP contribution in [0.2, 0.25) is 0 Å². The van der Waals surface area contributed by atoms with Gasteiger partial charge >= 0.3 is 0 Å². The number of carbonyl (C=O) groups is 2. The first-order chi connectivity index (χ1) is 13.9. The highest BCUT2D eigenvalue weighted by Crippen LogP contribution is 2.19. The predicted molar refractivity (Wildman–Crippen MR) is 116 cm³/mol. The van der Waals surface area contributed by atoms with Crippen LogP contribution < -0.4 is 10.7 Å². The summed E-state index contributed by atoms with van der Waals surface area (Å²) in [4.78, 5) is 42.3. The molecule has 29 heavy (non-hydrogen) atoms. The van der Waals surface area contributed by atoms with Crippen molar-refractivity contribution in [2.75, 3.05) is 6.54 Å². The summed E-state index contributed by atoms with van der Waals surface area (Å²) in [5, 5.41) is 3.28. The van der Waals surface area contributed by atoms with E-state index in [9.17, 15) is 14.4 Å². The van der Waals surface area contributed by atoms with Crippen molar-refractivity contribution < 1.29 is 9.59 Å². The molecule has 6 nitrogen and oxygen atoms in total. The number of benzene rings is 1. The summed E-state index contributed by atoms with van der Waals surface area (Å²) in [6.07, 6.45) is 5.37. The zero-order valence-electron chi connectivity index (χ0n) is 16.3. The van der Waals surface area contributed by atoms with Crippen LogP contribution in [-0.2, 0) is 11.3 Å². The van der Waals surface area contributed by atoms with E-state index in [2.05, 4.69) is 40.1 Å². The van der Waals surface area contributed by atoms with Crippen LogP contribution in [-0.4, -0.2) is 27.8 Å². The van der Waals surface area contributed by atoms with E-state index in [4.69, 9.17) is 0 Å². The largest absolute Gasteiger partial charge is 0.355 e. The van der Waals surface area contributed by atoms with Crippen LogP contribution in [0.5, 0.6) is 0 Å². The maximum Gasteiger partial charge on any atom is 0.239 e. The summed E-state index contributed by atoms with van der Waals surface area (Å²) >= 11 is 3.38. The van der Waals surface area contributed by atoms with Crippen molar-refractivity contribution in [3.05, 3.63) is 74.7 Å². The number of aromatic nitrogens is 2. The average Bonchev–Trinajstić information content (AvgIpc) is 2.70. The topological polar surface area (TPSA) is 81.1 Å². The lowest BCUT2D eigenvalue weighted by Crippen LogP contribution is -2.30.